The predicted octanol–water partition coefficient (Wildman–Crippen LogP) is 3.05. The maximum absolute atomic E-state index is 12.1. The molecule has 1 amide bonds. The number of carbonyl (C=O) groups excluding carboxylic acids is 1. The Hall–Kier alpha value is -2.60. The summed E-state index contributed by atoms with van der Waals surface area (Å²) in [5, 5.41) is 0. The maximum Gasteiger partial charge on any atom is 0.231 e. The van der Waals surface area contributed by atoms with E-state index in [9.17, 15) is 4.79 Å². The van der Waals surface area contributed by atoms with Crippen LogP contribution in [-0.4, -0.2) is 41.4 Å². The number of halogens is 1. The monoisotopic (exact) mass is 388 g/mol. The highest BCUT2D eigenvalue weighted by atomic mass is 35.5. The van der Waals surface area contributed by atoms with Crippen LogP contribution < -0.4 is 10.5 Å². The molecule has 1 aromatic carbocycles. The third-order valence-electron chi connectivity index (χ3n) is 4.74. The lowest BCUT2D eigenvalue weighted by Gasteiger charge is -2.33. The molecule has 0 aliphatic carbocycles. The zero-order chi connectivity index (χ0) is 18.7. The lowest BCUT2D eigenvalue weighted by molar-refractivity contribution is -0.128. The molecule has 1 aromatic heterocycles. The third-order valence-corrected chi connectivity index (χ3v) is 4.74. The van der Waals surface area contributed by atoms with Crippen LogP contribution in [0.5, 0.6) is 5.88 Å². The SMILES string of the molecule is COc1cccc(-c2cccc(CCC3(C)CC(=O)N(C)C(N)=N3)c2)n1.Cl. The molecule has 0 radical (unpaired) electrons. The Balaban J connectivity index is 0.00000261. The van der Waals surface area contributed by atoms with Gasteiger partial charge in [0.15, 0.2) is 5.96 Å². The molecular formula is C20H25ClN4O2. The number of aliphatic imine (C=N–C) groups is 1. The number of aromatic nitrogens is 1. The van der Waals surface area contributed by atoms with Gasteiger partial charge in [0.25, 0.3) is 0 Å². The number of pyridine rings is 1. The van der Waals surface area contributed by atoms with Crippen LogP contribution >= 0.6 is 12.4 Å². The molecule has 2 N–H and O–H groups in total. The van der Waals surface area contributed by atoms with E-state index in [4.69, 9.17) is 10.5 Å². The summed E-state index contributed by atoms with van der Waals surface area (Å²) in [4.78, 5) is 22.5. The second-order valence-electron chi connectivity index (χ2n) is 6.86. The van der Waals surface area contributed by atoms with Crippen LogP contribution in [-0.2, 0) is 11.2 Å². The van der Waals surface area contributed by atoms with Gasteiger partial charge in [-0.05, 0) is 37.5 Å². The average molecular weight is 389 g/mol. The number of guanidine groups is 1. The number of carbonyl (C=O) groups is 1. The van der Waals surface area contributed by atoms with E-state index in [0.29, 0.717) is 12.3 Å². The van der Waals surface area contributed by atoms with Gasteiger partial charge >= 0.3 is 0 Å². The number of amides is 1. The van der Waals surface area contributed by atoms with Gasteiger partial charge in [-0.15, -0.1) is 12.4 Å². The molecule has 6 nitrogen and oxygen atoms in total. The second kappa shape index (κ2) is 8.39. The summed E-state index contributed by atoms with van der Waals surface area (Å²) < 4.78 is 5.20. The normalized spacial score (nSPS) is 19.3. The van der Waals surface area contributed by atoms with E-state index in [-0.39, 0.29) is 24.3 Å². The molecule has 3 rings (SSSR count). The van der Waals surface area contributed by atoms with Crippen molar-refractivity contribution in [1.82, 2.24) is 9.88 Å². The zero-order valence-electron chi connectivity index (χ0n) is 15.8. The van der Waals surface area contributed by atoms with Crippen molar-refractivity contribution < 1.29 is 9.53 Å². The number of methoxy groups -OCH3 is 1. The number of hydrogen-bond acceptors (Lipinski definition) is 5. The molecule has 0 saturated carbocycles. The summed E-state index contributed by atoms with van der Waals surface area (Å²) in [5.74, 6) is 0.891. The minimum atomic E-state index is -0.460. The van der Waals surface area contributed by atoms with Crippen LogP contribution in [0.2, 0.25) is 0 Å². The Bertz CT molecular complexity index is 855. The Labute approximate surface area is 165 Å². The van der Waals surface area contributed by atoms with Crippen LogP contribution in [0.25, 0.3) is 11.3 Å². The summed E-state index contributed by atoms with van der Waals surface area (Å²) >= 11 is 0. The van der Waals surface area contributed by atoms with E-state index in [1.54, 1.807) is 14.2 Å². The molecule has 0 spiro atoms. The van der Waals surface area contributed by atoms with Gasteiger partial charge < -0.3 is 10.5 Å². The molecular weight excluding hydrogens is 364 g/mol. The van der Waals surface area contributed by atoms with Crippen molar-refractivity contribution in [2.24, 2.45) is 10.7 Å². The van der Waals surface area contributed by atoms with Crippen molar-refractivity contribution in [3.63, 3.8) is 0 Å². The molecule has 27 heavy (non-hydrogen) atoms. The van der Waals surface area contributed by atoms with E-state index in [2.05, 4.69) is 22.1 Å². The molecule has 2 heterocycles. The number of ether oxygens (including phenoxy) is 1. The van der Waals surface area contributed by atoms with Gasteiger partial charge in [-0.2, -0.15) is 0 Å². The largest absolute Gasteiger partial charge is 0.481 e. The fourth-order valence-electron chi connectivity index (χ4n) is 3.10. The number of nitrogens with zero attached hydrogens (tertiary/aromatic N) is 3. The number of rotatable bonds is 5. The van der Waals surface area contributed by atoms with Gasteiger partial charge in [-0.3, -0.25) is 9.69 Å². The van der Waals surface area contributed by atoms with Crippen LogP contribution in [0.4, 0.5) is 0 Å². The van der Waals surface area contributed by atoms with E-state index in [0.717, 1.165) is 24.1 Å². The summed E-state index contributed by atoms with van der Waals surface area (Å²) in [5.41, 5.74) is 8.50. The first-order valence-electron chi connectivity index (χ1n) is 8.62. The topological polar surface area (TPSA) is 80.8 Å². The quantitative estimate of drug-likeness (QED) is 0.853. The Kier molecular flexibility index (Phi) is 6.44. The molecule has 0 saturated heterocycles. The molecule has 0 fully saturated rings. The van der Waals surface area contributed by atoms with Gasteiger partial charge in [0, 0.05) is 18.7 Å². The minimum absolute atomic E-state index is 0. The third kappa shape index (κ3) is 4.77. The van der Waals surface area contributed by atoms with Crippen molar-refractivity contribution in [2.75, 3.05) is 14.2 Å². The van der Waals surface area contributed by atoms with Crippen molar-refractivity contribution in [3.8, 4) is 17.1 Å². The van der Waals surface area contributed by atoms with Crippen LogP contribution in [0.1, 0.15) is 25.3 Å². The van der Waals surface area contributed by atoms with Gasteiger partial charge in [-0.25, -0.2) is 9.98 Å². The molecule has 1 aliphatic heterocycles. The molecule has 0 bridgehead atoms. The van der Waals surface area contributed by atoms with Crippen molar-refractivity contribution in [1.29, 1.82) is 0 Å². The standard InChI is InChI=1S/C20H24N4O2.ClH/c1-20(13-18(25)24(2)19(21)23-20)11-10-14-6-4-7-15(12-14)16-8-5-9-17(22-16)26-3;/h4-9,12H,10-11,13H2,1-3H3,(H2,21,23);1H. The average Bonchev–Trinajstić information content (AvgIpc) is 2.65. The summed E-state index contributed by atoms with van der Waals surface area (Å²) in [6.45, 7) is 1.98. The van der Waals surface area contributed by atoms with Gasteiger partial charge in [0.1, 0.15) is 0 Å². The highest BCUT2D eigenvalue weighted by Gasteiger charge is 2.34. The fourth-order valence-corrected chi connectivity index (χ4v) is 3.10. The number of benzene rings is 1. The Morgan fingerprint density at radius 2 is 2.00 bits per heavy atom. The Morgan fingerprint density at radius 1 is 1.26 bits per heavy atom. The van der Waals surface area contributed by atoms with E-state index < -0.39 is 5.54 Å². The van der Waals surface area contributed by atoms with Crippen molar-refractivity contribution in [2.45, 2.75) is 31.7 Å². The van der Waals surface area contributed by atoms with Crippen LogP contribution in [0.3, 0.4) is 0 Å². The van der Waals surface area contributed by atoms with Crippen LogP contribution in [0, 0.1) is 0 Å². The first-order valence-corrected chi connectivity index (χ1v) is 8.62. The fraction of sp³-hybridized carbons (Fsp3) is 0.350. The molecule has 1 atom stereocenters. The Morgan fingerprint density at radius 3 is 2.70 bits per heavy atom. The number of nitrogens with two attached hydrogens (primary N) is 1. The smallest absolute Gasteiger partial charge is 0.231 e. The van der Waals surface area contributed by atoms with Gasteiger partial charge in [0.05, 0.1) is 24.8 Å². The van der Waals surface area contributed by atoms with Gasteiger partial charge in [-0.1, -0.05) is 24.3 Å². The van der Waals surface area contributed by atoms with Crippen molar-refractivity contribution >= 4 is 24.3 Å². The van der Waals surface area contributed by atoms with E-state index in [1.165, 1.54) is 10.5 Å². The van der Waals surface area contributed by atoms with E-state index >= 15 is 0 Å². The summed E-state index contributed by atoms with van der Waals surface area (Å²) in [7, 11) is 3.27. The molecule has 1 unspecified atom stereocenters. The zero-order valence-corrected chi connectivity index (χ0v) is 16.6. The van der Waals surface area contributed by atoms with E-state index in [1.807, 2.05) is 37.3 Å². The lowest BCUT2D eigenvalue weighted by atomic mass is 9.88. The molecule has 1 aliphatic rings. The second-order valence-corrected chi connectivity index (χ2v) is 6.86. The first kappa shape index (κ1) is 20.7. The first-order chi connectivity index (χ1) is 12.4. The highest BCUT2D eigenvalue weighted by Crippen LogP contribution is 2.28. The van der Waals surface area contributed by atoms with Gasteiger partial charge in [0.2, 0.25) is 11.8 Å². The summed E-state index contributed by atoms with van der Waals surface area (Å²) in [6, 6.07) is 14.0. The number of aryl methyl sites for hydroxylation is 1. The highest BCUT2D eigenvalue weighted by molar-refractivity contribution is 5.98. The van der Waals surface area contributed by atoms with Crippen molar-refractivity contribution in [3.05, 3.63) is 48.0 Å². The predicted molar refractivity (Wildman–Crippen MR) is 109 cm³/mol. The molecule has 7 heteroatoms. The summed E-state index contributed by atoms with van der Waals surface area (Å²) in [6.07, 6.45) is 1.94. The van der Waals surface area contributed by atoms with Crippen LogP contribution in [0.15, 0.2) is 47.5 Å². The lowest BCUT2D eigenvalue weighted by Crippen LogP contribution is -2.48. The maximum atomic E-state index is 12.1. The minimum Gasteiger partial charge on any atom is -0.481 e. The molecule has 2 aromatic rings. The molecule has 144 valence electrons. The number of hydrogen-bond donors (Lipinski definition) is 1.